The lowest BCUT2D eigenvalue weighted by atomic mass is 10.3. The third-order valence-electron chi connectivity index (χ3n) is 2.62. The summed E-state index contributed by atoms with van der Waals surface area (Å²) < 4.78 is 1.88. The Kier molecular flexibility index (Phi) is 4.08. The van der Waals surface area contributed by atoms with Crippen molar-refractivity contribution in [3.63, 3.8) is 0 Å². The van der Waals surface area contributed by atoms with E-state index in [0.29, 0.717) is 12.5 Å². The van der Waals surface area contributed by atoms with Crippen LogP contribution in [0.25, 0.3) is 0 Å². The molecule has 2 N–H and O–H groups in total. The van der Waals surface area contributed by atoms with Crippen LogP contribution < -0.4 is 10.6 Å². The molecule has 2 rings (SSSR count). The van der Waals surface area contributed by atoms with Gasteiger partial charge >= 0.3 is 5.69 Å². The van der Waals surface area contributed by atoms with Crippen LogP contribution >= 0.6 is 0 Å². The third kappa shape index (κ3) is 3.19. The van der Waals surface area contributed by atoms with Crippen molar-refractivity contribution in [1.29, 1.82) is 0 Å². The first-order valence-electron chi connectivity index (χ1n) is 6.01. The SMILES string of the molecule is CNc1ncc([N+](=O)[O-])c(NC(C)Cn2ccnc2)n1. The van der Waals surface area contributed by atoms with Crippen LogP contribution in [0.4, 0.5) is 17.5 Å². The van der Waals surface area contributed by atoms with Gasteiger partial charge in [-0.3, -0.25) is 10.1 Å². The van der Waals surface area contributed by atoms with E-state index in [1.165, 1.54) is 6.20 Å². The molecule has 9 nitrogen and oxygen atoms in total. The number of imidazole rings is 1. The summed E-state index contributed by atoms with van der Waals surface area (Å²) in [6.45, 7) is 2.53. The van der Waals surface area contributed by atoms with E-state index in [1.807, 2.05) is 17.7 Å². The molecule has 2 aromatic rings. The van der Waals surface area contributed by atoms with E-state index in [9.17, 15) is 10.1 Å². The molecule has 1 unspecified atom stereocenters. The smallest absolute Gasteiger partial charge is 0.329 e. The highest BCUT2D eigenvalue weighted by molar-refractivity contribution is 5.57. The monoisotopic (exact) mass is 277 g/mol. The maximum Gasteiger partial charge on any atom is 0.329 e. The summed E-state index contributed by atoms with van der Waals surface area (Å²) >= 11 is 0. The fourth-order valence-electron chi connectivity index (χ4n) is 1.73. The van der Waals surface area contributed by atoms with Gasteiger partial charge in [0.25, 0.3) is 0 Å². The predicted molar refractivity (Wildman–Crippen MR) is 73.5 cm³/mol. The third-order valence-corrected chi connectivity index (χ3v) is 2.62. The summed E-state index contributed by atoms with van der Waals surface area (Å²) in [5.41, 5.74) is -0.151. The largest absolute Gasteiger partial charge is 0.360 e. The summed E-state index contributed by atoms with van der Waals surface area (Å²) in [7, 11) is 1.65. The van der Waals surface area contributed by atoms with Crippen LogP contribution in [-0.4, -0.2) is 37.5 Å². The Morgan fingerprint density at radius 2 is 2.35 bits per heavy atom. The van der Waals surface area contributed by atoms with Crippen LogP contribution in [0, 0.1) is 10.1 Å². The molecular weight excluding hydrogens is 262 g/mol. The van der Waals surface area contributed by atoms with E-state index in [1.54, 1.807) is 19.6 Å². The van der Waals surface area contributed by atoms with Crippen LogP contribution in [-0.2, 0) is 6.54 Å². The molecule has 2 heterocycles. The molecule has 0 saturated heterocycles. The first-order chi connectivity index (χ1) is 9.60. The van der Waals surface area contributed by atoms with Gasteiger partial charge < -0.3 is 15.2 Å². The Morgan fingerprint density at radius 1 is 1.55 bits per heavy atom. The number of anilines is 2. The normalized spacial score (nSPS) is 11.9. The molecule has 0 aliphatic rings. The van der Waals surface area contributed by atoms with Gasteiger partial charge in [0.1, 0.15) is 6.20 Å². The number of hydrogen-bond acceptors (Lipinski definition) is 7. The molecule has 0 aliphatic heterocycles. The molecule has 0 amide bonds. The standard InChI is InChI=1S/C11H15N7O2/c1-8(6-17-4-3-13-7-17)15-10-9(18(19)20)5-14-11(12-2)16-10/h3-5,7-8H,6H2,1-2H3,(H2,12,14,15,16). The molecule has 0 aromatic carbocycles. The van der Waals surface area contributed by atoms with Gasteiger partial charge in [-0.2, -0.15) is 4.98 Å². The van der Waals surface area contributed by atoms with Crippen molar-refractivity contribution in [2.75, 3.05) is 17.7 Å². The topological polar surface area (TPSA) is 111 Å². The molecule has 0 fully saturated rings. The molecule has 106 valence electrons. The molecule has 0 saturated carbocycles. The van der Waals surface area contributed by atoms with Crippen LogP contribution in [0.2, 0.25) is 0 Å². The van der Waals surface area contributed by atoms with Crippen molar-refractivity contribution in [2.24, 2.45) is 0 Å². The maximum atomic E-state index is 11.0. The van der Waals surface area contributed by atoms with Gasteiger partial charge in [0, 0.05) is 32.0 Å². The van der Waals surface area contributed by atoms with Gasteiger partial charge in [-0.1, -0.05) is 0 Å². The van der Waals surface area contributed by atoms with Gasteiger partial charge in [0.15, 0.2) is 0 Å². The average molecular weight is 277 g/mol. The number of nitrogens with one attached hydrogen (secondary N) is 2. The lowest BCUT2D eigenvalue weighted by molar-refractivity contribution is -0.384. The van der Waals surface area contributed by atoms with Crippen molar-refractivity contribution in [2.45, 2.75) is 19.5 Å². The molecule has 0 aliphatic carbocycles. The lowest BCUT2D eigenvalue weighted by Gasteiger charge is -2.15. The van der Waals surface area contributed by atoms with Crippen molar-refractivity contribution in [1.82, 2.24) is 19.5 Å². The average Bonchev–Trinajstić information content (AvgIpc) is 2.90. The summed E-state index contributed by atoms with van der Waals surface area (Å²) in [4.78, 5) is 22.3. The zero-order chi connectivity index (χ0) is 14.5. The minimum absolute atomic E-state index is 0.0532. The Hall–Kier alpha value is -2.71. The Bertz CT molecular complexity index is 584. The van der Waals surface area contributed by atoms with E-state index < -0.39 is 4.92 Å². The maximum absolute atomic E-state index is 11.0. The van der Waals surface area contributed by atoms with Gasteiger partial charge in [-0.05, 0) is 6.92 Å². The molecule has 0 bridgehead atoms. The van der Waals surface area contributed by atoms with Crippen LogP contribution in [0.5, 0.6) is 0 Å². The molecule has 2 aromatic heterocycles. The van der Waals surface area contributed by atoms with E-state index >= 15 is 0 Å². The fourth-order valence-corrected chi connectivity index (χ4v) is 1.73. The molecule has 0 spiro atoms. The highest BCUT2D eigenvalue weighted by atomic mass is 16.6. The van der Waals surface area contributed by atoms with Gasteiger partial charge in [0.2, 0.25) is 11.8 Å². The molecule has 0 radical (unpaired) electrons. The first-order valence-corrected chi connectivity index (χ1v) is 6.01. The number of aromatic nitrogens is 4. The number of hydrogen-bond donors (Lipinski definition) is 2. The number of rotatable bonds is 6. The molecular formula is C11H15N7O2. The second-order valence-corrected chi connectivity index (χ2v) is 4.24. The molecule has 1 atom stereocenters. The summed E-state index contributed by atoms with van der Waals surface area (Å²) in [6.07, 6.45) is 6.38. The zero-order valence-electron chi connectivity index (χ0n) is 11.1. The van der Waals surface area contributed by atoms with Gasteiger partial charge in [0.05, 0.1) is 11.3 Å². The Labute approximate surface area is 115 Å². The van der Waals surface area contributed by atoms with Crippen molar-refractivity contribution >= 4 is 17.5 Å². The minimum Gasteiger partial charge on any atom is -0.360 e. The quantitative estimate of drug-likeness (QED) is 0.601. The van der Waals surface area contributed by atoms with E-state index in [0.717, 1.165) is 0 Å². The van der Waals surface area contributed by atoms with Crippen LogP contribution in [0.1, 0.15) is 6.92 Å². The van der Waals surface area contributed by atoms with Crippen LogP contribution in [0.15, 0.2) is 24.9 Å². The first kappa shape index (κ1) is 13.7. The summed E-state index contributed by atoms with van der Waals surface area (Å²) in [6, 6.07) is -0.0532. The number of nitrogens with zero attached hydrogens (tertiary/aromatic N) is 5. The van der Waals surface area contributed by atoms with Crippen LogP contribution in [0.3, 0.4) is 0 Å². The highest BCUT2D eigenvalue weighted by Gasteiger charge is 2.18. The molecule has 20 heavy (non-hydrogen) atoms. The predicted octanol–water partition coefficient (Wildman–Crippen LogP) is 1.12. The Balaban J connectivity index is 2.16. The van der Waals surface area contributed by atoms with Crippen molar-refractivity contribution in [3.8, 4) is 0 Å². The second-order valence-electron chi connectivity index (χ2n) is 4.24. The second kappa shape index (κ2) is 5.95. The van der Waals surface area contributed by atoms with E-state index in [2.05, 4.69) is 25.6 Å². The van der Waals surface area contributed by atoms with Crippen molar-refractivity contribution < 1.29 is 4.92 Å². The molecule has 9 heteroatoms. The zero-order valence-corrected chi connectivity index (χ0v) is 11.1. The number of nitro groups is 1. The van der Waals surface area contributed by atoms with E-state index in [-0.39, 0.29) is 17.5 Å². The van der Waals surface area contributed by atoms with Gasteiger partial charge in [-0.25, -0.2) is 9.97 Å². The lowest BCUT2D eigenvalue weighted by Crippen LogP contribution is -2.23. The highest BCUT2D eigenvalue weighted by Crippen LogP contribution is 2.22. The van der Waals surface area contributed by atoms with E-state index in [4.69, 9.17) is 0 Å². The van der Waals surface area contributed by atoms with Gasteiger partial charge in [-0.15, -0.1) is 0 Å². The Morgan fingerprint density at radius 3 is 2.95 bits per heavy atom. The van der Waals surface area contributed by atoms with Crippen molar-refractivity contribution in [3.05, 3.63) is 35.0 Å². The minimum atomic E-state index is -0.508. The fraction of sp³-hybridized carbons (Fsp3) is 0.364. The summed E-state index contributed by atoms with van der Waals surface area (Å²) in [5.74, 6) is 0.523. The summed E-state index contributed by atoms with van der Waals surface area (Å²) in [5, 5.41) is 16.7.